The van der Waals surface area contributed by atoms with Crippen LogP contribution in [0.4, 0.5) is 17.1 Å². The largest absolute Gasteiger partial charge is 0.495 e. The molecule has 2 amide bonds. The van der Waals surface area contributed by atoms with Crippen LogP contribution in [0.3, 0.4) is 0 Å². The predicted molar refractivity (Wildman–Crippen MR) is 107 cm³/mol. The van der Waals surface area contributed by atoms with Crippen LogP contribution in [0.5, 0.6) is 5.75 Å². The fraction of sp³-hybridized carbons (Fsp3) is 0.250. The molecule has 0 saturated carbocycles. The van der Waals surface area contributed by atoms with Crippen LogP contribution in [0.1, 0.15) is 30.6 Å². The second kappa shape index (κ2) is 7.90. The SMILES string of the molecule is COc1ccc(NC(=O)c2ccc(N3CCC(C)=N3)cc2)cc1NC(C)=O. The van der Waals surface area contributed by atoms with Crippen LogP contribution < -0.4 is 20.4 Å². The predicted octanol–water partition coefficient (Wildman–Crippen LogP) is 3.49. The van der Waals surface area contributed by atoms with Crippen molar-refractivity contribution in [3.63, 3.8) is 0 Å². The van der Waals surface area contributed by atoms with E-state index in [2.05, 4.69) is 15.7 Å². The van der Waals surface area contributed by atoms with Crippen molar-refractivity contribution in [2.24, 2.45) is 5.10 Å². The molecule has 0 atom stereocenters. The number of rotatable bonds is 5. The summed E-state index contributed by atoms with van der Waals surface area (Å²) in [4.78, 5) is 23.8. The fourth-order valence-corrected chi connectivity index (χ4v) is 2.82. The van der Waals surface area contributed by atoms with Gasteiger partial charge >= 0.3 is 0 Å². The highest BCUT2D eigenvalue weighted by Gasteiger charge is 2.14. The first-order valence-corrected chi connectivity index (χ1v) is 8.65. The minimum atomic E-state index is -0.235. The van der Waals surface area contributed by atoms with Gasteiger partial charge in [-0.15, -0.1) is 0 Å². The van der Waals surface area contributed by atoms with Gasteiger partial charge in [0.05, 0.1) is 18.5 Å². The molecular weight excluding hydrogens is 344 g/mol. The van der Waals surface area contributed by atoms with E-state index in [4.69, 9.17) is 4.74 Å². The summed E-state index contributed by atoms with van der Waals surface area (Å²) in [5.41, 5.74) is 3.66. The first-order valence-electron chi connectivity index (χ1n) is 8.65. The molecule has 0 unspecified atom stereocenters. The molecule has 7 nitrogen and oxygen atoms in total. The minimum Gasteiger partial charge on any atom is -0.495 e. The Hall–Kier alpha value is -3.35. The van der Waals surface area contributed by atoms with Crippen LogP contribution >= 0.6 is 0 Å². The van der Waals surface area contributed by atoms with Gasteiger partial charge in [-0.05, 0) is 49.4 Å². The van der Waals surface area contributed by atoms with Gasteiger partial charge < -0.3 is 15.4 Å². The van der Waals surface area contributed by atoms with Gasteiger partial charge in [-0.25, -0.2) is 0 Å². The van der Waals surface area contributed by atoms with Crippen LogP contribution in [-0.4, -0.2) is 31.2 Å². The van der Waals surface area contributed by atoms with E-state index in [0.29, 0.717) is 22.7 Å². The maximum Gasteiger partial charge on any atom is 0.255 e. The lowest BCUT2D eigenvalue weighted by atomic mass is 10.1. The van der Waals surface area contributed by atoms with Crippen LogP contribution in [0.2, 0.25) is 0 Å². The molecular formula is C20H22N4O3. The van der Waals surface area contributed by atoms with Gasteiger partial charge in [-0.2, -0.15) is 5.10 Å². The molecule has 7 heteroatoms. The number of nitrogens with zero attached hydrogens (tertiary/aromatic N) is 2. The van der Waals surface area contributed by atoms with E-state index in [1.807, 2.05) is 24.1 Å². The Labute approximate surface area is 158 Å². The maximum absolute atomic E-state index is 12.5. The number of carbonyl (C=O) groups is 2. The van der Waals surface area contributed by atoms with Crippen molar-refractivity contribution in [2.45, 2.75) is 20.3 Å². The molecule has 2 aromatic rings. The Bertz CT molecular complexity index is 891. The number of benzene rings is 2. The number of methoxy groups -OCH3 is 1. The number of hydrazone groups is 1. The molecule has 2 N–H and O–H groups in total. The maximum atomic E-state index is 12.5. The number of hydrogen-bond acceptors (Lipinski definition) is 5. The van der Waals surface area contributed by atoms with Crippen molar-refractivity contribution in [1.29, 1.82) is 0 Å². The molecule has 140 valence electrons. The molecule has 1 aliphatic rings. The molecule has 0 saturated heterocycles. The average molecular weight is 366 g/mol. The third kappa shape index (κ3) is 4.44. The highest BCUT2D eigenvalue weighted by molar-refractivity contribution is 6.05. The van der Waals surface area contributed by atoms with Crippen molar-refractivity contribution in [2.75, 3.05) is 29.3 Å². The third-order valence-electron chi connectivity index (χ3n) is 4.17. The Balaban J connectivity index is 1.72. The van der Waals surface area contributed by atoms with Crippen LogP contribution in [0, 0.1) is 0 Å². The zero-order valence-corrected chi connectivity index (χ0v) is 15.6. The number of amides is 2. The molecule has 0 spiro atoms. The van der Waals surface area contributed by atoms with Crippen molar-refractivity contribution in [1.82, 2.24) is 0 Å². The number of anilines is 3. The molecule has 0 aromatic heterocycles. The molecule has 2 aromatic carbocycles. The van der Waals surface area contributed by atoms with Gasteiger partial charge in [0.25, 0.3) is 5.91 Å². The second-order valence-corrected chi connectivity index (χ2v) is 6.31. The van der Waals surface area contributed by atoms with Gasteiger partial charge in [0.15, 0.2) is 0 Å². The van der Waals surface area contributed by atoms with Crippen LogP contribution in [0.15, 0.2) is 47.6 Å². The molecule has 0 aliphatic carbocycles. The lowest BCUT2D eigenvalue weighted by Crippen LogP contribution is -2.14. The summed E-state index contributed by atoms with van der Waals surface area (Å²) in [5, 5.41) is 11.9. The summed E-state index contributed by atoms with van der Waals surface area (Å²) < 4.78 is 5.22. The van der Waals surface area contributed by atoms with Gasteiger partial charge in [0.1, 0.15) is 5.75 Å². The second-order valence-electron chi connectivity index (χ2n) is 6.31. The molecule has 1 aliphatic heterocycles. The van der Waals surface area contributed by atoms with Gasteiger partial charge in [-0.3, -0.25) is 14.6 Å². The van der Waals surface area contributed by atoms with Crippen molar-refractivity contribution >= 4 is 34.6 Å². The van der Waals surface area contributed by atoms with E-state index >= 15 is 0 Å². The van der Waals surface area contributed by atoms with Crippen LogP contribution in [-0.2, 0) is 4.79 Å². The summed E-state index contributed by atoms with van der Waals surface area (Å²) in [6.45, 7) is 4.28. The average Bonchev–Trinajstić information content (AvgIpc) is 3.08. The van der Waals surface area contributed by atoms with Gasteiger partial charge in [0.2, 0.25) is 5.91 Å². The highest BCUT2D eigenvalue weighted by atomic mass is 16.5. The quantitative estimate of drug-likeness (QED) is 0.848. The molecule has 1 heterocycles. The molecule has 0 fully saturated rings. The smallest absolute Gasteiger partial charge is 0.255 e. The van der Waals surface area contributed by atoms with Crippen molar-refractivity contribution < 1.29 is 14.3 Å². The van der Waals surface area contributed by atoms with E-state index in [-0.39, 0.29) is 11.8 Å². The topological polar surface area (TPSA) is 83.0 Å². The normalized spacial score (nSPS) is 13.1. The summed E-state index contributed by atoms with van der Waals surface area (Å²) in [5.74, 6) is 0.0720. The highest BCUT2D eigenvalue weighted by Crippen LogP contribution is 2.28. The summed E-state index contributed by atoms with van der Waals surface area (Å²) in [6.07, 6.45) is 0.955. The number of carbonyl (C=O) groups excluding carboxylic acids is 2. The molecule has 27 heavy (non-hydrogen) atoms. The number of hydrogen-bond donors (Lipinski definition) is 2. The standard InChI is InChI=1S/C20H22N4O3/c1-13-10-11-24(23-13)17-7-4-15(5-8-17)20(26)22-16-6-9-19(27-3)18(12-16)21-14(2)25/h4-9,12H,10-11H2,1-3H3,(H,21,25)(H,22,26). The van der Waals surface area contributed by atoms with E-state index in [0.717, 1.165) is 24.4 Å². The van der Waals surface area contributed by atoms with Crippen LogP contribution in [0.25, 0.3) is 0 Å². The fourth-order valence-electron chi connectivity index (χ4n) is 2.82. The Kier molecular flexibility index (Phi) is 5.40. The van der Waals surface area contributed by atoms with Crippen molar-refractivity contribution in [3.8, 4) is 5.75 Å². The first kappa shape index (κ1) is 18.4. The number of ether oxygens (including phenoxy) is 1. The monoisotopic (exact) mass is 366 g/mol. The van der Waals surface area contributed by atoms with E-state index in [9.17, 15) is 9.59 Å². The zero-order chi connectivity index (χ0) is 19.4. The number of nitrogens with one attached hydrogen (secondary N) is 2. The first-order chi connectivity index (χ1) is 13.0. The molecule has 0 bridgehead atoms. The summed E-state index contributed by atoms with van der Waals surface area (Å²) in [6, 6.07) is 12.4. The van der Waals surface area contributed by atoms with Gasteiger partial charge in [-0.1, -0.05) is 0 Å². The Morgan fingerprint density at radius 3 is 2.44 bits per heavy atom. The summed E-state index contributed by atoms with van der Waals surface area (Å²) >= 11 is 0. The lowest BCUT2D eigenvalue weighted by Gasteiger charge is -2.14. The third-order valence-corrected chi connectivity index (χ3v) is 4.17. The van der Waals surface area contributed by atoms with Gasteiger partial charge in [0, 0.05) is 36.9 Å². The minimum absolute atomic E-state index is 0.216. The van der Waals surface area contributed by atoms with Crippen molar-refractivity contribution in [3.05, 3.63) is 48.0 Å². The molecule has 0 radical (unpaired) electrons. The van der Waals surface area contributed by atoms with E-state index in [1.165, 1.54) is 14.0 Å². The van der Waals surface area contributed by atoms with E-state index < -0.39 is 0 Å². The Morgan fingerprint density at radius 2 is 1.85 bits per heavy atom. The summed E-state index contributed by atoms with van der Waals surface area (Å²) in [7, 11) is 1.52. The Morgan fingerprint density at radius 1 is 1.11 bits per heavy atom. The lowest BCUT2D eigenvalue weighted by molar-refractivity contribution is -0.114. The molecule has 3 rings (SSSR count). The van der Waals surface area contributed by atoms with E-state index in [1.54, 1.807) is 30.3 Å². The zero-order valence-electron chi connectivity index (χ0n) is 15.6.